The van der Waals surface area contributed by atoms with Gasteiger partial charge in [0, 0.05) is 4.47 Å². The number of hydrogen-bond acceptors (Lipinski definition) is 3. The minimum absolute atomic E-state index is 0.213. The Labute approximate surface area is 115 Å². The van der Waals surface area contributed by atoms with Crippen LogP contribution in [0, 0.1) is 0 Å². The number of hydrogen-bond donors (Lipinski definition) is 2. The molecule has 4 nitrogen and oxygen atoms in total. The highest BCUT2D eigenvalue weighted by Gasteiger charge is 2.13. The molecule has 0 fully saturated rings. The van der Waals surface area contributed by atoms with E-state index < -0.39 is 0 Å². The highest BCUT2D eigenvalue weighted by molar-refractivity contribution is 9.10. The molecule has 0 aliphatic carbocycles. The van der Waals surface area contributed by atoms with Gasteiger partial charge in [0.2, 0.25) is 0 Å². The number of aromatic amines is 1. The van der Waals surface area contributed by atoms with Gasteiger partial charge in [0.15, 0.2) is 0 Å². The molecule has 0 amide bonds. The Balaban J connectivity index is 2.07. The number of benzene rings is 1. The Hall–Kier alpha value is -1.20. The predicted molar refractivity (Wildman–Crippen MR) is 75.3 cm³/mol. The zero-order chi connectivity index (χ0) is 12.8. The fourth-order valence-corrected chi connectivity index (χ4v) is 2.10. The SMILES string of the molecule is CCCNC(Cc1ccc(Br)cc1)c1cn[nH]n1. The van der Waals surface area contributed by atoms with Gasteiger partial charge in [-0.15, -0.1) is 0 Å². The van der Waals surface area contributed by atoms with Gasteiger partial charge in [-0.3, -0.25) is 0 Å². The maximum absolute atomic E-state index is 4.18. The van der Waals surface area contributed by atoms with E-state index in [0.29, 0.717) is 0 Å². The average Bonchev–Trinajstić information content (AvgIpc) is 2.90. The lowest BCUT2D eigenvalue weighted by Crippen LogP contribution is -2.24. The molecule has 2 rings (SSSR count). The first-order valence-electron chi connectivity index (χ1n) is 6.13. The van der Waals surface area contributed by atoms with E-state index in [2.05, 4.69) is 67.8 Å². The Bertz CT molecular complexity index is 452. The molecule has 0 radical (unpaired) electrons. The number of nitrogens with one attached hydrogen (secondary N) is 2. The summed E-state index contributed by atoms with van der Waals surface area (Å²) in [7, 11) is 0. The molecule has 1 atom stereocenters. The van der Waals surface area contributed by atoms with E-state index in [1.807, 2.05) is 0 Å². The second kappa shape index (κ2) is 6.66. The van der Waals surface area contributed by atoms with Gasteiger partial charge in [-0.05, 0) is 37.1 Å². The molecule has 1 aromatic heterocycles. The predicted octanol–water partition coefficient (Wildman–Crippen LogP) is 2.85. The fourth-order valence-electron chi connectivity index (χ4n) is 1.83. The number of aromatic nitrogens is 3. The molecular weight excluding hydrogens is 292 g/mol. The first kappa shape index (κ1) is 13.2. The zero-order valence-corrected chi connectivity index (χ0v) is 11.9. The Morgan fingerprint density at radius 1 is 1.33 bits per heavy atom. The van der Waals surface area contributed by atoms with Gasteiger partial charge in [0.05, 0.1) is 17.9 Å². The molecule has 5 heteroatoms. The zero-order valence-electron chi connectivity index (χ0n) is 10.4. The summed E-state index contributed by atoms with van der Waals surface area (Å²) in [6.45, 7) is 3.14. The van der Waals surface area contributed by atoms with Crippen LogP contribution in [0.1, 0.15) is 30.6 Å². The molecule has 0 bridgehead atoms. The van der Waals surface area contributed by atoms with Crippen LogP contribution in [-0.2, 0) is 6.42 Å². The van der Waals surface area contributed by atoms with Crippen molar-refractivity contribution < 1.29 is 0 Å². The molecular formula is C13H17BrN4. The number of halogens is 1. The fraction of sp³-hybridized carbons (Fsp3) is 0.385. The first-order chi connectivity index (χ1) is 8.79. The van der Waals surface area contributed by atoms with E-state index in [0.717, 1.165) is 29.6 Å². The van der Waals surface area contributed by atoms with Gasteiger partial charge in [0.1, 0.15) is 0 Å². The highest BCUT2D eigenvalue weighted by Crippen LogP contribution is 2.18. The summed E-state index contributed by atoms with van der Waals surface area (Å²) in [6, 6.07) is 8.60. The molecule has 1 heterocycles. The molecule has 2 aromatic rings. The lowest BCUT2D eigenvalue weighted by Gasteiger charge is -2.16. The maximum atomic E-state index is 4.18. The molecule has 0 aliphatic heterocycles. The van der Waals surface area contributed by atoms with Crippen molar-refractivity contribution in [3.05, 3.63) is 46.2 Å². The summed E-state index contributed by atoms with van der Waals surface area (Å²) < 4.78 is 1.10. The average molecular weight is 309 g/mol. The first-order valence-corrected chi connectivity index (χ1v) is 6.92. The Morgan fingerprint density at radius 2 is 2.11 bits per heavy atom. The molecule has 0 saturated carbocycles. The van der Waals surface area contributed by atoms with Crippen molar-refractivity contribution >= 4 is 15.9 Å². The van der Waals surface area contributed by atoms with E-state index in [9.17, 15) is 0 Å². The van der Waals surface area contributed by atoms with Gasteiger partial charge < -0.3 is 5.32 Å². The smallest absolute Gasteiger partial charge is 0.0997 e. The minimum atomic E-state index is 0.213. The van der Waals surface area contributed by atoms with Crippen LogP contribution >= 0.6 is 15.9 Å². The molecule has 2 N–H and O–H groups in total. The summed E-state index contributed by atoms with van der Waals surface area (Å²) in [5, 5.41) is 14.2. The third-order valence-corrected chi connectivity index (χ3v) is 3.31. The topological polar surface area (TPSA) is 53.6 Å². The summed E-state index contributed by atoms with van der Waals surface area (Å²) in [6.07, 6.45) is 3.81. The van der Waals surface area contributed by atoms with Gasteiger partial charge >= 0.3 is 0 Å². The van der Waals surface area contributed by atoms with Crippen LogP contribution in [0.15, 0.2) is 34.9 Å². The third kappa shape index (κ3) is 3.65. The van der Waals surface area contributed by atoms with Crippen LogP contribution in [0.2, 0.25) is 0 Å². The molecule has 0 saturated heterocycles. The summed E-state index contributed by atoms with van der Waals surface area (Å²) in [5.41, 5.74) is 2.25. The van der Waals surface area contributed by atoms with Gasteiger partial charge in [-0.25, -0.2) is 0 Å². The van der Waals surface area contributed by atoms with E-state index >= 15 is 0 Å². The van der Waals surface area contributed by atoms with Crippen molar-refractivity contribution in [2.75, 3.05) is 6.54 Å². The largest absolute Gasteiger partial charge is 0.308 e. The van der Waals surface area contributed by atoms with Crippen molar-refractivity contribution in [2.24, 2.45) is 0 Å². The van der Waals surface area contributed by atoms with Crippen LogP contribution in [0.3, 0.4) is 0 Å². The van der Waals surface area contributed by atoms with Gasteiger partial charge in [-0.1, -0.05) is 35.0 Å². The van der Waals surface area contributed by atoms with E-state index in [1.165, 1.54) is 5.56 Å². The maximum Gasteiger partial charge on any atom is 0.0997 e. The normalized spacial score (nSPS) is 12.6. The number of H-pyrrole nitrogens is 1. The van der Waals surface area contributed by atoms with Gasteiger partial charge in [0.25, 0.3) is 0 Å². The Kier molecular flexibility index (Phi) is 4.90. The molecule has 18 heavy (non-hydrogen) atoms. The summed E-state index contributed by atoms with van der Waals surface area (Å²) >= 11 is 3.45. The van der Waals surface area contributed by atoms with Crippen molar-refractivity contribution in [3.63, 3.8) is 0 Å². The van der Waals surface area contributed by atoms with Gasteiger partial charge in [-0.2, -0.15) is 15.4 Å². The van der Waals surface area contributed by atoms with Crippen molar-refractivity contribution in [2.45, 2.75) is 25.8 Å². The van der Waals surface area contributed by atoms with E-state index in [-0.39, 0.29) is 6.04 Å². The van der Waals surface area contributed by atoms with Crippen LogP contribution in [-0.4, -0.2) is 22.0 Å². The number of rotatable bonds is 6. The van der Waals surface area contributed by atoms with E-state index in [1.54, 1.807) is 6.20 Å². The van der Waals surface area contributed by atoms with Crippen LogP contribution in [0.5, 0.6) is 0 Å². The van der Waals surface area contributed by atoms with Crippen molar-refractivity contribution in [1.82, 2.24) is 20.7 Å². The molecule has 96 valence electrons. The quantitative estimate of drug-likeness (QED) is 0.863. The monoisotopic (exact) mass is 308 g/mol. The van der Waals surface area contributed by atoms with Crippen LogP contribution < -0.4 is 5.32 Å². The minimum Gasteiger partial charge on any atom is -0.308 e. The van der Waals surface area contributed by atoms with Crippen molar-refractivity contribution in [1.29, 1.82) is 0 Å². The lowest BCUT2D eigenvalue weighted by molar-refractivity contribution is 0.517. The second-order valence-electron chi connectivity index (χ2n) is 4.23. The van der Waals surface area contributed by atoms with Crippen molar-refractivity contribution in [3.8, 4) is 0 Å². The third-order valence-electron chi connectivity index (χ3n) is 2.78. The van der Waals surface area contributed by atoms with E-state index in [4.69, 9.17) is 0 Å². The summed E-state index contributed by atoms with van der Waals surface area (Å²) in [4.78, 5) is 0. The molecule has 1 unspecified atom stereocenters. The molecule has 0 aliphatic rings. The standard InChI is InChI=1S/C13H17BrN4/c1-2-7-15-12(13-9-16-18-17-13)8-10-3-5-11(14)6-4-10/h3-6,9,12,15H,2,7-8H2,1H3,(H,16,17,18). The molecule has 0 spiro atoms. The lowest BCUT2D eigenvalue weighted by atomic mass is 10.0. The molecule has 1 aromatic carbocycles. The summed E-state index contributed by atoms with van der Waals surface area (Å²) in [5.74, 6) is 0. The second-order valence-corrected chi connectivity index (χ2v) is 5.15. The Morgan fingerprint density at radius 3 is 2.72 bits per heavy atom. The van der Waals surface area contributed by atoms with Crippen LogP contribution in [0.25, 0.3) is 0 Å². The number of nitrogens with zero attached hydrogens (tertiary/aromatic N) is 2. The highest BCUT2D eigenvalue weighted by atomic mass is 79.9. The van der Waals surface area contributed by atoms with Crippen LogP contribution in [0.4, 0.5) is 0 Å².